The molecule has 2 aromatic heterocycles. The Balaban J connectivity index is 2.49. The van der Waals surface area contributed by atoms with Gasteiger partial charge in [-0.05, 0) is 11.4 Å². The smallest absolute Gasteiger partial charge is 0.231 e. The normalized spacial score (nSPS) is 11.8. The second kappa shape index (κ2) is 3.91. The number of rotatable bonds is 3. The molecule has 0 aliphatic heterocycles. The van der Waals surface area contributed by atoms with Crippen LogP contribution in [-0.2, 0) is 15.6 Å². The van der Waals surface area contributed by atoms with Gasteiger partial charge in [0.25, 0.3) is 0 Å². The van der Waals surface area contributed by atoms with Crippen LogP contribution in [0.4, 0.5) is 5.88 Å². The van der Waals surface area contributed by atoms with Crippen LogP contribution in [0.1, 0.15) is 5.69 Å². The third kappa shape index (κ3) is 2.25. The van der Waals surface area contributed by atoms with Gasteiger partial charge in [0.2, 0.25) is 5.88 Å². The van der Waals surface area contributed by atoms with Crippen LogP contribution in [-0.4, -0.2) is 19.8 Å². The summed E-state index contributed by atoms with van der Waals surface area (Å²) in [6.07, 6.45) is 1.15. The minimum absolute atomic E-state index is 0.154. The van der Waals surface area contributed by atoms with Crippen LogP contribution in [0.15, 0.2) is 22.0 Å². The van der Waals surface area contributed by atoms with Crippen molar-refractivity contribution in [3.05, 3.63) is 23.2 Å². The van der Waals surface area contributed by atoms with E-state index in [4.69, 9.17) is 10.3 Å². The third-order valence-corrected chi connectivity index (χ3v) is 3.64. The van der Waals surface area contributed by atoms with Gasteiger partial charge in [-0.3, -0.25) is 0 Å². The Kier molecular flexibility index (Phi) is 2.73. The van der Waals surface area contributed by atoms with Crippen molar-refractivity contribution in [2.24, 2.45) is 0 Å². The average molecular weight is 258 g/mol. The number of nitrogens with zero attached hydrogens (tertiary/aromatic N) is 1. The zero-order chi connectivity index (χ0) is 11.8. The van der Waals surface area contributed by atoms with Gasteiger partial charge in [-0.25, -0.2) is 8.42 Å². The summed E-state index contributed by atoms with van der Waals surface area (Å²) < 4.78 is 27.3. The zero-order valence-corrected chi connectivity index (χ0v) is 10.1. The number of aromatic nitrogens is 1. The van der Waals surface area contributed by atoms with Crippen LogP contribution in [0.3, 0.4) is 0 Å². The summed E-state index contributed by atoms with van der Waals surface area (Å²) in [5.74, 6) is -0.0119. The van der Waals surface area contributed by atoms with Gasteiger partial charge in [-0.15, -0.1) is 11.3 Å². The number of sulfone groups is 1. The highest BCUT2D eigenvalue weighted by Gasteiger charge is 2.19. The number of nitrogens with two attached hydrogens (primary N) is 1. The van der Waals surface area contributed by atoms with Crippen molar-refractivity contribution in [3.8, 4) is 10.4 Å². The van der Waals surface area contributed by atoms with E-state index in [-0.39, 0.29) is 11.6 Å². The van der Waals surface area contributed by atoms with E-state index >= 15 is 0 Å². The van der Waals surface area contributed by atoms with E-state index < -0.39 is 9.84 Å². The summed E-state index contributed by atoms with van der Waals surface area (Å²) in [4.78, 5) is 0.859. The molecule has 0 amide bonds. The fourth-order valence-corrected chi connectivity index (χ4v) is 2.86. The van der Waals surface area contributed by atoms with Crippen molar-refractivity contribution in [2.75, 3.05) is 12.0 Å². The second-order valence-corrected chi connectivity index (χ2v) is 6.50. The molecule has 0 aliphatic rings. The maximum atomic E-state index is 11.2. The Labute approximate surface area is 96.8 Å². The topological polar surface area (TPSA) is 86.2 Å². The fourth-order valence-electron chi connectivity index (χ4n) is 1.37. The van der Waals surface area contributed by atoms with Crippen molar-refractivity contribution >= 4 is 27.1 Å². The second-order valence-electron chi connectivity index (χ2n) is 3.42. The largest absolute Gasteiger partial charge is 0.367 e. The van der Waals surface area contributed by atoms with Gasteiger partial charge >= 0.3 is 0 Å². The van der Waals surface area contributed by atoms with Crippen LogP contribution in [0.5, 0.6) is 0 Å². The highest BCUT2D eigenvalue weighted by Crippen LogP contribution is 2.33. The standard InChI is InChI=1S/C9H10N2O3S2/c1-16(12,13)5-6-8(9(10)14-11-6)7-3-2-4-15-7/h2-4H,5,10H2,1H3. The van der Waals surface area contributed by atoms with Gasteiger partial charge in [-0.2, -0.15) is 0 Å². The van der Waals surface area contributed by atoms with E-state index in [9.17, 15) is 8.42 Å². The fraction of sp³-hybridized carbons (Fsp3) is 0.222. The maximum absolute atomic E-state index is 11.2. The van der Waals surface area contributed by atoms with Crippen molar-refractivity contribution in [1.82, 2.24) is 5.16 Å². The molecule has 0 atom stereocenters. The average Bonchev–Trinajstić information content (AvgIpc) is 2.73. The molecule has 16 heavy (non-hydrogen) atoms. The molecule has 0 fully saturated rings. The summed E-state index contributed by atoms with van der Waals surface area (Å²) >= 11 is 1.46. The molecular weight excluding hydrogens is 248 g/mol. The van der Waals surface area contributed by atoms with Gasteiger partial charge in [-0.1, -0.05) is 11.2 Å². The Hall–Kier alpha value is -1.34. The quantitative estimate of drug-likeness (QED) is 0.902. The number of hydrogen-bond donors (Lipinski definition) is 1. The molecule has 2 N–H and O–H groups in total. The molecule has 0 radical (unpaired) electrons. The lowest BCUT2D eigenvalue weighted by Gasteiger charge is -1.97. The Morgan fingerprint density at radius 2 is 2.31 bits per heavy atom. The lowest BCUT2D eigenvalue weighted by molar-refractivity contribution is 0.430. The minimum atomic E-state index is -3.15. The first-order valence-corrected chi connectivity index (χ1v) is 7.37. The van der Waals surface area contributed by atoms with E-state index in [0.717, 1.165) is 11.1 Å². The maximum Gasteiger partial charge on any atom is 0.231 e. The molecule has 5 nitrogen and oxygen atoms in total. The molecule has 0 aliphatic carbocycles. The SMILES string of the molecule is CS(=O)(=O)Cc1noc(N)c1-c1cccs1. The molecule has 0 bridgehead atoms. The number of hydrogen-bond acceptors (Lipinski definition) is 6. The van der Waals surface area contributed by atoms with Crippen molar-refractivity contribution in [3.63, 3.8) is 0 Å². The summed E-state index contributed by atoms with van der Waals surface area (Å²) in [5, 5.41) is 5.57. The van der Waals surface area contributed by atoms with E-state index in [1.807, 2.05) is 17.5 Å². The molecule has 2 rings (SSSR count). The van der Waals surface area contributed by atoms with Crippen molar-refractivity contribution in [1.29, 1.82) is 0 Å². The predicted octanol–water partition coefficient (Wildman–Crippen LogP) is 1.53. The highest BCUT2D eigenvalue weighted by molar-refractivity contribution is 7.89. The first-order chi connectivity index (χ1) is 7.47. The van der Waals surface area contributed by atoms with Gasteiger partial charge < -0.3 is 10.3 Å². The first kappa shape index (κ1) is 11.2. The van der Waals surface area contributed by atoms with E-state index in [1.54, 1.807) is 0 Å². The summed E-state index contributed by atoms with van der Waals surface area (Å²) in [5.41, 5.74) is 6.58. The molecule has 2 aromatic rings. The van der Waals surface area contributed by atoms with Crippen LogP contribution < -0.4 is 5.73 Å². The molecule has 0 unspecified atom stereocenters. The minimum Gasteiger partial charge on any atom is -0.367 e. The summed E-state index contributed by atoms with van der Waals surface area (Å²) in [6, 6.07) is 3.70. The Morgan fingerprint density at radius 3 is 2.88 bits per heavy atom. The zero-order valence-electron chi connectivity index (χ0n) is 8.50. The molecule has 0 saturated carbocycles. The predicted molar refractivity (Wildman–Crippen MR) is 62.8 cm³/mol. The third-order valence-electron chi connectivity index (χ3n) is 1.96. The molecule has 0 aromatic carbocycles. The van der Waals surface area contributed by atoms with Gasteiger partial charge in [0.05, 0.1) is 11.3 Å². The van der Waals surface area contributed by atoms with Crippen LogP contribution >= 0.6 is 11.3 Å². The lowest BCUT2D eigenvalue weighted by atomic mass is 10.2. The summed E-state index contributed by atoms with van der Waals surface area (Å²) in [7, 11) is -3.15. The van der Waals surface area contributed by atoms with Gasteiger partial charge in [0.15, 0.2) is 9.84 Å². The molecule has 2 heterocycles. The molecule has 0 spiro atoms. The molecule has 0 saturated heterocycles. The molecule has 86 valence electrons. The number of thiophene rings is 1. The van der Waals surface area contributed by atoms with Crippen LogP contribution in [0.2, 0.25) is 0 Å². The van der Waals surface area contributed by atoms with E-state index in [2.05, 4.69) is 5.16 Å². The summed E-state index contributed by atoms with van der Waals surface area (Å²) in [6.45, 7) is 0. The first-order valence-electron chi connectivity index (χ1n) is 4.43. The van der Waals surface area contributed by atoms with Crippen LogP contribution in [0.25, 0.3) is 10.4 Å². The van der Waals surface area contributed by atoms with E-state index in [0.29, 0.717) is 11.3 Å². The Morgan fingerprint density at radius 1 is 1.56 bits per heavy atom. The van der Waals surface area contributed by atoms with Gasteiger partial charge in [0, 0.05) is 11.1 Å². The van der Waals surface area contributed by atoms with Gasteiger partial charge in [0.1, 0.15) is 5.69 Å². The Bertz CT molecular complexity index is 584. The monoisotopic (exact) mass is 258 g/mol. The number of nitrogen functional groups attached to an aromatic ring is 1. The molecular formula is C9H10N2O3S2. The van der Waals surface area contributed by atoms with E-state index in [1.165, 1.54) is 11.3 Å². The lowest BCUT2D eigenvalue weighted by Crippen LogP contribution is -2.02. The molecule has 7 heteroatoms. The van der Waals surface area contributed by atoms with Crippen LogP contribution in [0, 0.1) is 0 Å². The number of anilines is 1. The van der Waals surface area contributed by atoms with Crippen molar-refractivity contribution < 1.29 is 12.9 Å². The highest BCUT2D eigenvalue weighted by atomic mass is 32.2. The van der Waals surface area contributed by atoms with Crippen molar-refractivity contribution in [2.45, 2.75) is 5.75 Å².